The number of amides is 1. The summed E-state index contributed by atoms with van der Waals surface area (Å²) in [5.41, 5.74) is 3.41. The second-order valence-corrected chi connectivity index (χ2v) is 6.89. The third kappa shape index (κ3) is 3.08. The second-order valence-electron chi connectivity index (χ2n) is 5.25. The molecular formula is C17H14N4OS2. The maximum Gasteiger partial charge on any atom is 0.270 e. The van der Waals surface area contributed by atoms with E-state index in [9.17, 15) is 4.79 Å². The van der Waals surface area contributed by atoms with Crippen molar-refractivity contribution in [1.82, 2.24) is 19.7 Å². The predicted molar refractivity (Wildman–Crippen MR) is 96.7 cm³/mol. The van der Waals surface area contributed by atoms with Gasteiger partial charge in [-0.15, -0.1) is 11.3 Å². The molecule has 0 bridgehead atoms. The van der Waals surface area contributed by atoms with Crippen LogP contribution < -0.4 is 5.32 Å². The van der Waals surface area contributed by atoms with E-state index < -0.39 is 0 Å². The Morgan fingerprint density at radius 1 is 1.21 bits per heavy atom. The lowest BCUT2D eigenvalue weighted by Crippen LogP contribution is -2.26. The second kappa shape index (κ2) is 6.54. The van der Waals surface area contributed by atoms with Gasteiger partial charge in [-0.2, -0.15) is 11.3 Å². The van der Waals surface area contributed by atoms with Gasteiger partial charge in [0.2, 0.25) is 0 Å². The molecule has 0 fully saturated rings. The molecule has 1 amide bonds. The van der Waals surface area contributed by atoms with Gasteiger partial charge in [0.05, 0.1) is 5.69 Å². The first-order chi connectivity index (χ1) is 11.8. The number of carbonyl (C=O) groups is 1. The maximum absolute atomic E-state index is 12.2. The van der Waals surface area contributed by atoms with Crippen LogP contribution in [0.1, 0.15) is 16.2 Å². The van der Waals surface area contributed by atoms with Crippen molar-refractivity contribution in [3.63, 3.8) is 0 Å². The van der Waals surface area contributed by atoms with Crippen molar-refractivity contribution in [2.24, 2.45) is 0 Å². The Bertz CT molecular complexity index is 938. The SMILES string of the molecule is O=C(NCCc1cn2ccccc2n1)c1csc(-c2ccsc2)n1. The van der Waals surface area contributed by atoms with E-state index in [1.165, 1.54) is 11.3 Å². The van der Waals surface area contributed by atoms with Crippen LogP contribution in [0.3, 0.4) is 0 Å². The number of pyridine rings is 1. The number of imidazole rings is 1. The maximum atomic E-state index is 12.2. The van der Waals surface area contributed by atoms with Crippen LogP contribution in [-0.4, -0.2) is 26.8 Å². The average Bonchev–Trinajstić information content (AvgIpc) is 3.33. The summed E-state index contributed by atoms with van der Waals surface area (Å²) in [6.45, 7) is 0.536. The number of nitrogens with zero attached hydrogens (tertiary/aromatic N) is 3. The summed E-state index contributed by atoms with van der Waals surface area (Å²) in [4.78, 5) is 21.1. The van der Waals surface area contributed by atoms with Gasteiger partial charge in [0.15, 0.2) is 0 Å². The molecule has 0 aliphatic carbocycles. The van der Waals surface area contributed by atoms with E-state index in [2.05, 4.69) is 15.3 Å². The third-order valence-electron chi connectivity index (χ3n) is 3.59. The molecule has 24 heavy (non-hydrogen) atoms. The molecule has 4 heterocycles. The van der Waals surface area contributed by atoms with E-state index in [1.807, 2.05) is 51.8 Å². The van der Waals surface area contributed by atoms with E-state index in [1.54, 1.807) is 16.7 Å². The summed E-state index contributed by atoms with van der Waals surface area (Å²) in [6, 6.07) is 7.90. The molecule has 0 aromatic carbocycles. The van der Waals surface area contributed by atoms with Gasteiger partial charge in [0.25, 0.3) is 5.91 Å². The van der Waals surface area contributed by atoms with Crippen LogP contribution in [0.2, 0.25) is 0 Å². The van der Waals surface area contributed by atoms with Crippen LogP contribution in [0.5, 0.6) is 0 Å². The van der Waals surface area contributed by atoms with E-state index in [-0.39, 0.29) is 5.91 Å². The van der Waals surface area contributed by atoms with Crippen LogP contribution in [0, 0.1) is 0 Å². The number of thiazole rings is 1. The molecule has 7 heteroatoms. The predicted octanol–water partition coefficient (Wildman–Crippen LogP) is 3.49. The number of rotatable bonds is 5. The van der Waals surface area contributed by atoms with Crippen molar-refractivity contribution in [1.29, 1.82) is 0 Å². The Kier molecular flexibility index (Phi) is 4.10. The van der Waals surface area contributed by atoms with Gasteiger partial charge in [0, 0.05) is 41.7 Å². The fourth-order valence-electron chi connectivity index (χ4n) is 2.40. The van der Waals surface area contributed by atoms with Gasteiger partial charge >= 0.3 is 0 Å². The van der Waals surface area contributed by atoms with Gasteiger partial charge < -0.3 is 9.72 Å². The van der Waals surface area contributed by atoms with E-state index in [4.69, 9.17) is 0 Å². The minimum absolute atomic E-state index is 0.142. The Morgan fingerprint density at radius 2 is 2.17 bits per heavy atom. The van der Waals surface area contributed by atoms with E-state index >= 15 is 0 Å². The first kappa shape index (κ1) is 15.0. The van der Waals surface area contributed by atoms with Gasteiger partial charge in [-0.05, 0) is 23.6 Å². The summed E-state index contributed by atoms with van der Waals surface area (Å²) in [7, 11) is 0. The zero-order valence-corrected chi connectivity index (χ0v) is 14.3. The highest BCUT2D eigenvalue weighted by Crippen LogP contribution is 2.25. The van der Waals surface area contributed by atoms with Crippen LogP contribution in [-0.2, 0) is 6.42 Å². The summed E-state index contributed by atoms with van der Waals surface area (Å²) >= 11 is 3.11. The number of aromatic nitrogens is 3. The standard InChI is InChI=1S/C17H14N4OS2/c22-16(14-11-24-17(20-14)12-5-8-23-10-12)18-6-4-13-9-21-7-2-1-3-15(21)19-13/h1-3,5,7-11H,4,6H2,(H,18,22). The average molecular weight is 354 g/mol. The molecule has 1 N–H and O–H groups in total. The topological polar surface area (TPSA) is 59.3 Å². The van der Waals surface area contributed by atoms with Crippen LogP contribution in [0.4, 0.5) is 0 Å². The van der Waals surface area contributed by atoms with E-state index in [0.717, 1.165) is 21.9 Å². The van der Waals surface area contributed by atoms with Crippen LogP contribution in [0.25, 0.3) is 16.2 Å². The molecule has 0 saturated heterocycles. The molecule has 4 aromatic heterocycles. The lowest BCUT2D eigenvalue weighted by Gasteiger charge is -2.00. The Labute approximate surface area is 146 Å². The van der Waals surface area contributed by atoms with Crippen molar-refractivity contribution in [2.45, 2.75) is 6.42 Å². The lowest BCUT2D eigenvalue weighted by atomic mass is 10.3. The van der Waals surface area contributed by atoms with Crippen molar-refractivity contribution < 1.29 is 4.79 Å². The minimum atomic E-state index is -0.142. The highest BCUT2D eigenvalue weighted by molar-refractivity contribution is 7.14. The first-order valence-electron chi connectivity index (χ1n) is 7.48. The quantitative estimate of drug-likeness (QED) is 0.597. The van der Waals surface area contributed by atoms with Crippen LogP contribution >= 0.6 is 22.7 Å². The van der Waals surface area contributed by atoms with Gasteiger partial charge in [-0.1, -0.05) is 6.07 Å². The zero-order chi connectivity index (χ0) is 16.4. The molecular weight excluding hydrogens is 340 g/mol. The number of hydrogen-bond donors (Lipinski definition) is 1. The van der Waals surface area contributed by atoms with Gasteiger partial charge in [-0.3, -0.25) is 4.79 Å². The van der Waals surface area contributed by atoms with Crippen molar-refractivity contribution in [3.05, 3.63) is 64.2 Å². The summed E-state index contributed by atoms with van der Waals surface area (Å²) in [5.74, 6) is -0.142. The lowest BCUT2D eigenvalue weighted by molar-refractivity contribution is 0.0950. The summed E-state index contributed by atoms with van der Waals surface area (Å²) < 4.78 is 1.98. The molecule has 0 aliphatic rings. The molecule has 0 aliphatic heterocycles. The van der Waals surface area contributed by atoms with Crippen molar-refractivity contribution in [2.75, 3.05) is 6.54 Å². The number of fused-ring (bicyclic) bond motifs is 1. The molecule has 0 radical (unpaired) electrons. The number of carbonyl (C=O) groups excluding carboxylic acids is 1. The molecule has 4 rings (SSSR count). The van der Waals surface area contributed by atoms with Crippen molar-refractivity contribution >= 4 is 34.2 Å². The fraction of sp³-hybridized carbons (Fsp3) is 0.118. The fourth-order valence-corrected chi connectivity index (χ4v) is 3.91. The monoisotopic (exact) mass is 354 g/mol. The van der Waals surface area contributed by atoms with Gasteiger partial charge in [0.1, 0.15) is 16.3 Å². The Hall–Kier alpha value is -2.51. The normalized spacial score (nSPS) is 11.0. The summed E-state index contributed by atoms with van der Waals surface area (Å²) in [5, 5.41) is 9.62. The highest BCUT2D eigenvalue weighted by atomic mass is 32.1. The molecule has 0 unspecified atom stereocenters. The third-order valence-corrected chi connectivity index (χ3v) is 5.16. The number of nitrogens with one attached hydrogen (secondary N) is 1. The molecule has 120 valence electrons. The molecule has 4 aromatic rings. The zero-order valence-electron chi connectivity index (χ0n) is 12.7. The Balaban J connectivity index is 1.36. The molecule has 0 atom stereocenters. The molecule has 0 spiro atoms. The number of thiophene rings is 1. The number of hydrogen-bond acceptors (Lipinski definition) is 5. The molecule has 0 saturated carbocycles. The first-order valence-corrected chi connectivity index (χ1v) is 9.31. The highest BCUT2D eigenvalue weighted by Gasteiger charge is 2.12. The minimum Gasteiger partial charge on any atom is -0.350 e. The Morgan fingerprint density at radius 3 is 3.00 bits per heavy atom. The smallest absolute Gasteiger partial charge is 0.270 e. The van der Waals surface area contributed by atoms with Crippen LogP contribution in [0.15, 0.2) is 52.8 Å². The molecule has 5 nitrogen and oxygen atoms in total. The van der Waals surface area contributed by atoms with Gasteiger partial charge in [-0.25, -0.2) is 9.97 Å². The van der Waals surface area contributed by atoms with Crippen molar-refractivity contribution in [3.8, 4) is 10.6 Å². The largest absolute Gasteiger partial charge is 0.350 e. The van der Waals surface area contributed by atoms with E-state index in [0.29, 0.717) is 18.7 Å². The summed E-state index contributed by atoms with van der Waals surface area (Å²) in [6.07, 6.45) is 4.64.